The number of anilines is 1. The molecule has 0 saturated carbocycles. The number of nitrogens with zero attached hydrogens (tertiary/aromatic N) is 1. The van der Waals surface area contributed by atoms with Crippen LogP contribution in [0, 0.1) is 0 Å². The number of ether oxygens (including phenoxy) is 1. The van der Waals surface area contributed by atoms with Gasteiger partial charge in [-0.2, -0.15) is 0 Å². The lowest BCUT2D eigenvalue weighted by molar-refractivity contribution is 0.0468. The first-order valence-corrected chi connectivity index (χ1v) is 5.66. The molecule has 0 atom stereocenters. The van der Waals surface area contributed by atoms with E-state index in [1.54, 1.807) is 30.5 Å². The molecule has 0 aliphatic rings. The zero-order valence-corrected chi connectivity index (χ0v) is 10.2. The highest BCUT2D eigenvalue weighted by Crippen LogP contribution is 2.20. The molecule has 0 fully saturated rings. The van der Waals surface area contributed by atoms with Crippen LogP contribution in [0.4, 0.5) is 5.69 Å². The Kier molecular flexibility index (Phi) is 3.79. The Bertz CT molecular complexity index is 558. The van der Waals surface area contributed by atoms with Gasteiger partial charge in [-0.1, -0.05) is 17.7 Å². The smallest absolute Gasteiger partial charge is 0.340 e. The second-order valence-corrected chi connectivity index (χ2v) is 4.04. The third-order valence-corrected chi connectivity index (χ3v) is 2.60. The van der Waals surface area contributed by atoms with Gasteiger partial charge in [0.2, 0.25) is 0 Å². The molecule has 0 saturated heterocycles. The number of esters is 1. The van der Waals surface area contributed by atoms with E-state index in [0.717, 1.165) is 0 Å². The second kappa shape index (κ2) is 5.51. The van der Waals surface area contributed by atoms with Gasteiger partial charge in [-0.25, -0.2) is 4.79 Å². The minimum atomic E-state index is -0.495. The molecule has 2 aromatic rings. The van der Waals surface area contributed by atoms with E-state index < -0.39 is 5.97 Å². The maximum absolute atomic E-state index is 11.8. The molecule has 2 N–H and O–H groups in total. The van der Waals surface area contributed by atoms with Crippen molar-refractivity contribution in [2.45, 2.75) is 6.61 Å². The fourth-order valence-corrected chi connectivity index (χ4v) is 1.66. The van der Waals surface area contributed by atoms with Gasteiger partial charge in [-0.05, 0) is 30.3 Å². The van der Waals surface area contributed by atoms with E-state index in [4.69, 9.17) is 22.1 Å². The predicted molar refractivity (Wildman–Crippen MR) is 69.2 cm³/mol. The lowest BCUT2D eigenvalue weighted by Gasteiger charge is -2.06. The first kappa shape index (κ1) is 12.4. The molecular weight excluding hydrogens is 252 g/mol. The molecule has 1 heterocycles. The first-order valence-electron chi connectivity index (χ1n) is 5.29. The zero-order valence-electron chi connectivity index (χ0n) is 9.47. The topological polar surface area (TPSA) is 65.2 Å². The molecule has 0 radical (unpaired) electrons. The zero-order chi connectivity index (χ0) is 13.0. The van der Waals surface area contributed by atoms with E-state index in [9.17, 15) is 4.79 Å². The van der Waals surface area contributed by atoms with Crippen molar-refractivity contribution in [3.05, 3.63) is 58.9 Å². The van der Waals surface area contributed by atoms with Crippen molar-refractivity contribution in [3.8, 4) is 0 Å². The fraction of sp³-hybridized carbons (Fsp3) is 0.0769. The molecule has 0 aliphatic carbocycles. The van der Waals surface area contributed by atoms with Crippen LogP contribution in [0.5, 0.6) is 0 Å². The molecule has 5 heteroatoms. The number of hydrogen-bond acceptors (Lipinski definition) is 4. The van der Waals surface area contributed by atoms with Crippen molar-refractivity contribution >= 4 is 23.3 Å². The van der Waals surface area contributed by atoms with E-state index in [-0.39, 0.29) is 11.6 Å². The summed E-state index contributed by atoms with van der Waals surface area (Å²) in [6, 6.07) is 10.0. The summed E-state index contributed by atoms with van der Waals surface area (Å²) in [7, 11) is 0. The van der Waals surface area contributed by atoms with Crippen molar-refractivity contribution in [1.29, 1.82) is 0 Å². The Morgan fingerprint density at radius 1 is 1.33 bits per heavy atom. The van der Waals surface area contributed by atoms with Crippen LogP contribution in [0.15, 0.2) is 42.6 Å². The van der Waals surface area contributed by atoms with Gasteiger partial charge in [0.15, 0.2) is 0 Å². The van der Waals surface area contributed by atoms with Crippen LogP contribution in [-0.2, 0) is 11.3 Å². The highest BCUT2D eigenvalue weighted by molar-refractivity contribution is 6.33. The summed E-state index contributed by atoms with van der Waals surface area (Å²) in [4.78, 5) is 15.8. The van der Waals surface area contributed by atoms with Gasteiger partial charge < -0.3 is 10.5 Å². The number of benzene rings is 1. The normalized spacial score (nSPS) is 10.1. The summed E-state index contributed by atoms with van der Waals surface area (Å²) in [5, 5.41) is 0.279. The van der Waals surface area contributed by atoms with Gasteiger partial charge in [-0.15, -0.1) is 0 Å². The van der Waals surface area contributed by atoms with E-state index in [1.165, 1.54) is 6.07 Å². The molecule has 1 aromatic heterocycles. The Morgan fingerprint density at radius 2 is 2.17 bits per heavy atom. The highest BCUT2D eigenvalue weighted by atomic mass is 35.5. The minimum absolute atomic E-state index is 0.111. The number of nitrogen functional groups attached to an aromatic ring is 1. The average Bonchev–Trinajstić information content (AvgIpc) is 2.37. The number of nitrogens with two attached hydrogens (primary N) is 1. The molecule has 92 valence electrons. The molecule has 0 spiro atoms. The molecule has 0 aliphatic heterocycles. The molecule has 1 aromatic carbocycles. The lowest BCUT2D eigenvalue weighted by atomic mass is 10.2. The number of aromatic nitrogens is 1. The summed E-state index contributed by atoms with van der Waals surface area (Å²) in [6.45, 7) is 0.111. The van der Waals surface area contributed by atoms with Crippen LogP contribution >= 0.6 is 11.6 Å². The van der Waals surface area contributed by atoms with Gasteiger partial charge in [-0.3, -0.25) is 4.98 Å². The molecule has 18 heavy (non-hydrogen) atoms. The van der Waals surface area contributed by atoms with Crippen molar-refractivity contribution in [2.24, 2.45) is 0 Å². The average molecular weight is 263 g/mol. The van der Waals surface area contributed by atoms with Gasteiger partial charge >= 0.3 is 5.97 Å². The third-order valence-electron chi connectivity index (χ3n) is 2.29. The number of carbonyl (C=O) groups excluding carboxylic acids is 1. The number of hydrogen-bond donors (Lipinski definition) is 1. The van der Waals surface area contributed by atoms with E-state index >= 15 is 0 Å². The minimum Gasteiger partial charge on any atom is -0.456 e. The maximum Gasteiger partial charge on any atom is 0.340 e. The Hall–Kier alpha value is -2.07. The summed E-state index contributed by atoms with van der Waals surface area (Å²) in [5.41, 5.74) is 7.02. The van der Waals surface area contributed by atoms with Crippen molar-refractivity contribution in [3.63, 3.8) is 0 Å². The third kappa shape index (κ3) is 2.99. The predicted octanol–water partition coefficient (Wildman–Crippen LogP) is 2.67. The van der Waals surface area contributed by atoms with Gasteiger partial charge in [0.05, 0.1) is 16.3 Å². The van der Waals surface area contributed by atoms with Gasteiger partial charge in [0, 0.05) is 11.9 Å². The van der Waals surface area contributed by atoms with Crippen molar-refractivity contribution in [2.75, 3.05) is 5.73 Å². The fourth-order valence-electron chi connectivity index (χ4n) is 1.40. The summed E-state index contributed by atoms with van der Waals surface area (Å²) < 4.78 is 5.11. The summed E-state index contributed by atoms with van der Waals surface area (Å²) in [5.74, 6) is -0.495. The lowest BCUT2D eigenvalue weighted by Crippen LogP contribution is -2.07. The number of carbonyl (C=O) groups is 1. The molecule has 0 bridgehead atoms. The van der Waals surface area contributed by atoms with E-state index in [1.807, 2.05) is 6.07 Å². The summed E-state index contributed by atoms with van der Waals surface area (Å²) >= 11 is 5.91. The second-order valence-electron chi connectivity index (χ2n) is 3.64. The first-order chi connectivity index (χ1) is 8.66. The van der Waals surface area contributed by atoms with Crippen LogP contribution < -0.4 is 5.73 Å². The molecule has 0 amide bonds. The molecule has 0 unspecified atom stereocenters. The largest absolute Gasteiger partial charge is 0.456 e. The van der Waals surface area contributed by atoms with Crippen LogP contribution in [0.2, 0.25) is 5.02 Å². The van der Waals surface area contributed by atoms with E-state index in [2.05, 4.69) is 4.98 Å². The van der Waals surface area contributed by atoms with Crippen molar-refractivity contribution < 1.29 is 9.53 Å². The number of rotatable bonds is 3. The molecule has 4 nitrogen and oxygen atoms in total. The van der Waals surface area contributed by atoms with Crippen LogP contribution in [0.25, 0.3) is 0 Å². The maximum atomic E-state index is 11.8. The summed E-state index contributed by atoms with van der Waals surface area (Å²) in [6.07, 6.45) is 1.64. The van der Waals surface area contributed by atoms with Crippen LogP contribution in [0.3, 0.4) is 0 Å². The quantitative estimate of drug-likeness (QED) is 0.682. The highest BCUT2D eigenvalue weighted by Gasteiger charge is 2.12. The van der Waals surface area contributed by atoms with Gasteiger partial charge in [0.25, 0.3) is 0 Å². The monoisotopic (exact) mass is 262 g/mol. The number of halogens is 1. The number of pyridine rings is 1. The Morgan fingerprint density at radius 3 is 2.83 bits per heavy atom. The van der Waals surface area contributed by atoms with Crippen LogP contribution in [-0.4, -0.2) is 11.0 Å². The Labute approximate surface area is 109 Å². The Balaban J connectivity index is 2.04. The van der Waals surface area contributed by atoms with E-state index in [0.29, 0.717) is 16.9 Å². The molecular formula is C13H11ClN2O2. The molecule has 2 rings (SSSR count). The standard InChI is InChI=1S/C13H11ClN2O2/c14-12-7-9(15)4-5-11(12)13(17)18-8-10-3-1-2-6-16-10/h1-7H,8,15H2. The SMILES string of the molecule is Nc1ccc(C(=O)OCc2ccccn2)c(Cl)c1. The van der Waals surface area contributed by atoms with Crippen molar-refractivity contribution in [1.82, 2.24) is 4.98 Å². The van der Waals surface area contributed by atoms with Crippen LogP contribution in [0.1, 0.15) is 16.1 Å². The van der Waals surface area contributed by atoms with Gasteiger partial charge in [0.1, 0.15) is 6.61 Å².